The van der Waals surface area contributed by atoms with Crippen molar-refractivity contribution >= 4 is 27.5 Å². The fourth-order valence-electron chi connectivity index (χ4n) is 2.52. The minimum Gasteiger partial charge on any atom is -0.383 e. The Kier molecular flexibility index (Phi) is 6.02. The predicted molar refractivity (Wildman–Crippen MR) is 87.3 cm³/mol. The smallest absolute Gasteiger partial charge is 0.239 e. The van der Waals surface area contributed by atoms with Crippen molar-refractivity contribution in [2.45, 2.75) is 12.5 Å². The molecule has 0 aliphatic carbocycles. The molecule has 1 aromatic rings. The topological polar surface area (TPSA) is 67.6 Å². The number of nitrogens with zero attached hydrogens (tertiary/aromatic N) is 1. The number of halogens is 1. The van der Waals surface area contributed by atoms with Crippen molar-refractivity contribution in [1.29, 1.82) is 0 Å². The number of anilines is 1. The van der Waals surface area contributed by atoms with E-state index in [0.717, 1.165) is 24.0 Å². The van der Waals surface area contributed by atoms with Gasteiger partial charge < -0.3 is 20.7 Å². The van der Waals surface area contributed by atoms with Crippen LogP contribution in [-0.2, 0) is 9.53 Å². The molecule has 0 spiro atoms. The summed E-state index contributed by atoms with van der Waals surface area (Å²) in [4.78, 5) is 14.1. The number of amides is 1. The summed E-state index contributed by atoms with van der Waals surface area (Å²) in [6.07, 6.45) is 1.08. The van der Waals surface area contributed by atoms with Crippen molar-refractivity contribution in [3.63, 3.8) is 0 Å². The molecule has 1 aliphatic rings. The van der Waals surface area contributed by atoms with Gasteiger partial charge in [-0.2, -0.15) is 0 Å². The highest BCUT2D eigenvalue weighted by atomic mass is 79.9. The lowest BCUT2D eigenvalue weighted by molar-refractivity contribution is -0.123. The van der Waals surface area contributed by atoms with Crippen LogP contribution in [0.15, 0.2) is 28.7 Å². The molecule has 116 valence electrons. The number of carbonyl (C=O) groups excluding carboxylic acids is 1. The van der Waals surface area contributed by atoms with E-state index in [2.05, 4.69) is 38.3 Å². The minimum atomic E-state index is -0.584. The number of hydrogen-bond donors (Lipinski definition) is 2. The molecule has 1 amide bonds. The number of carbonyl (C=O) groups is 1. The van der Waals surface area contributed by atoms with E-state index in [1.54, 1.807) is 7.11 Å². The SMILES string of the molecule is COCC(N)C(=O)NCC1CCN(c2ccc(Br)cc2)C1. The summed E-state index contributed by atoms with van der Waals surface area (Å²) in [5.74, 6) is 0.325. The van der Waals surface area contributed by atoms with Gasteiger partial charge in [0.15, 0.2) is 0 Å². The maximum Gasteiger partial charge on any atom is 0.239 e. The lowest BCUT2D eigenvalue weighted by atomic mass is 10.1. The fourth-order valence-corrected chi connectivity index (χ4v) is 2.78. The lowest BCUT2D eigenvalue weighted by Crippen LogP contribution is -2.45. The zero-order chi connectivity index (χ0) is 15.2. The molecule has 1 aliphatic heterocycles. The molecule has 21 heavy (non-hydrogen) atoms. The number of benzene rings is 1. The Morgan fingerprint density at radius 3 is 2.90 bits per heavy atom. The van der Waals surface area contributed by atoms with Gasteiger partial charge in [0, 0.05) is 36.9 Å². The van der Waals surface area contributed by atoms with Crippen molar-refractivity contribution in [2.75, 3.05) is 38.3 Å². The molecule has 1 heterocycles. The summed E-state index contributed by atoms with van der Waals surface area (Å²) in [5.41, 5.74) is 6.92. The molecule has 5 nitrogen and oxygen atoms in total. The molecule has 2 unspecified atom stereocenters. The Balaban J connectivity index is 1.77. The first kappa shape index (κ1) is 16.3. The third-order valence-electron chi connectivity index (χ3n) is 3.73. The summed E-state index contributed by atoms with van der Waals surface area (Å²) >= 11 is 3.44. The maximum absolute atomic E-state index is 11.7. The first-order chi connectivity index (χ1) is 10.1. The molecule has 0 aromatic heterocycles. The van der Waals surface area contributed by atoms with E-state index in [1.165, 1.54) is 5.69 Å². The second kappa shape index (κ2) is 7.77. The molecule has 6 heteroatoms. The Morgan fingerprint density at radius 1 is 1.52 bits per heavy atom. The average Bonchev–Trinajstić information content (AvgIpc) is 2.94. The highest BCUT2D eigenvalue weighted by molar-refractivity contribution is 9.10. The predicted octanol–water partition coefficient (Wildman–Crippen LogP) is 1.37. The molecule has 2 rings (SSSR count). The molecule has 0 saturated carbocycles. The van der Waals surface area contributed by atoms with E-state index >= 15 is 0 Å². The second-order valence-electron chi connectivity index (χ2n) is 5.38. The van der Waals surface area contributed by atoms with Gasteiger partial charge in [-0.05, 0) is 36.6 Å². The Bertz CT molecular complexity index is 466. The number of methoxy groups -OCH3 is 1. The van der Waals surface area contributed by atoms with Gasteiger partial charge in [-0.1, -0.05) is 15.9 Å². The zero-order valence-corrected chi connectivity index (χ0v) is 13.8. The summed E-state index contributed by atoms with van der Waals surface area (Å²) in [5, 5.41) is 2.91. The molecule has 1 aromatic carbocycles. The van der Waals surface area contributed by atoms with Gasteiger partial charge in [0.25, 0.3) is 0 Å². The highest BCUT2D eigenvalue weighted by Gasteiger charge is 2.23. The van der Waals surface area contributed by atoms with Crippen molar-refractivity contribution in [1.82, 2.24) is 5.32 Å². The summed E-state index contributed by atoms with van der Waals surface area (Å²) in [6, 6.07) is 7.74. The van der Waals surface area contributed by atoms with E-state index in [9.17, 15) is 4.79 Å². The largest absolute Gasteiger partial charge is 0.383 e. The van der Waals surface area contributed by atoms with Crippen LogP contribution in [0.3, 0.4) is 0 Å². The van der Waals surface area contributed by atoms with Crippen LogP contribution in [0, 0.1) is 5.92 Å². The Labute approximate surface area is 134 Å². The Hall–Kier alpha value is -1.11. The number of ether oxygens (including phenoxy) is 1. The maximum atomic E-state index is 11.7. The van der Waals surface area contributed by atoms with Crippen LogP contribution in [-0.4, -0.2) is 45.3 Å². The molecule has 1 saturated heterocycles. The van der Waals surface area contributed by atoms with Crippen LogP contribution in [0.2, 0.25) is 0 Å². The van der Waals surface area contributed by atoms with E-state index < -0.39 is 6.04 Å². The monoisotopic (exact) mass is 355 g/mol. The summed E-state index contributed by atoms with van der Waals surface area (Å²) in [6.45, 7) is 2.90. The van der Waals surface area contributed by atoms with Gasteiger partial charge in [0.05, 0.1) is 6.61 Å². The fraction of sp³-hybridized carbons (Fsp3) is 0.533. The van der Waals surface area contributed by atoms with Gasteiger partial charge in [-0.25, -0.2) is 0 Å². The van der Waals surface area contributed by atoms with Crippen LogP contribution in [0.25, 0.3) is 0 Å². The van der Waals surface area contributed by atoms with Gasteiger partial charge >= 0.3 is 0 Å². The van der Waals surface area contributed by atoms with Crippen LogP contribution in [0.4, 0.5) is 5.69 Å². The number of nitrogens with two attached hydrogens (primary N) is 1. The summed E-state index contributed by atoms with van der Waals surface area (Å²) < 4.78 is 5.97. The first-order valence-electron chi connectivity index (χ1n) is 7.13. The third-order valence-corrected chi connectivity index (χ3v) is 4.25. The van der Waals surface area contributed by atoms with Crippen molar-refractivity contribution < 1.29 is 9.53 Å². The third kappa shape index (κ3) is 4.69. The van der Waals surface area contributed by atoms with Crippen LogP contribution in [0.5, 0.6) is 0 Å². The van der Waals surface area contributed by atoms with Crippen molar-refractivity contribution in [2.24, 2.45) is 11.7 Å². The van der Waals surface area contributed by atoms with Gasteiger partial charge in [0.1, 0.15) is 6.04 Å². The molecule has 3 N–H and O–H groups in total. The Morgan fingerprint density at radius 2 is 2.24 bits per heavy atom. The van der Waals surface area contributed by atoms with Crippen LogP contribution < -0.4 is 16.0 Å². The van der Waals surface area contributed by atoms with E-state index in [-0.39, 0.29) is 12.5 Å². The number of nitrogens with one attached hydrogen (secondary N) is 1. The zero-order valence-electron chi connectivity index (χ0n) is 12.2. The molecule has 0 bridgehead atoms. The van der Waals surface area contributed by atoms with Crippen LogP contribution >= 0.6 is 15.9 Å². The normalized spacial score (nSPS) is 19.6. The first-order valence-corrected chi connectivity index (χ1v) is 7.92. The number of rotatable bonds is 6. The lowest BCUT2D eigenvalue weighted by Gasteiger charge is -2.19. The van der Waals surface area contributed by atoms with Crippen LogP contribution in [0.1, 0.15) is 6.42 Å². The molecular weight excluding hydrogens is 334 g/mol. The van der Waals surface area contributed by atoms with Crippen molar-refractivity contribution in [3.05, 3.63) is 28.7 Å². The van der Waals surface area contributed by atoms with E-state index in [1.807, 2.05) is 12.1 Å². The van der Waals surface area contributed by atoms with Gasteiger partial charge in [0.2, 0.25) is 5.91 Å². The molecule has 1 fully saturated rings. The molecular formula is C15H22BrN3O2. The summed E-state index contributed by atoms with van der Waals surface area (Å²) in [7, 11) is 1.54. The average molecular weight is 356 g/mol. The highest BCUT2D eigenvalue weighted by Crippen LogP contribution is 2.24. The van der Waals surface area contributed by atoms with E-state index in [4.69, 9.17) is 10.5 Å². The van der Waals surface area contributed by atoms with Gasteiger partial charge in [-0.3, -0.25) is 4.79 Å². The van der Waals surface area contributed by atoms with Crippen molar-refractivity contribution in [3.8, 4) is 0 Å². The molecule has 0 radical (unpaired) electrons. The molecule has 2 atom stereocenters. The van der Waals surface area contributed by atoms with E-state index in [0.29, 0.717) is 12.5 Å². The minimum absolute atomic E-state index is 0.140. The second-order valence-corrected chi connectivity index (χ2v) is 6.30. The number of hydrogen-bond acceptors (Lipinski definition) is 4. The van der Waals surface area contributed by atoms with Gasteiger partial charge in [-0.15, -0.1) is 0 Å². The standard InChI is InChI=1S/C15H22BrN3O2/c1-21-10-14(17)15(20)18-8-11-6-7-19(9-11)13-4-2-12(16)3-5-13/h2-5,11,14H,6-10,17H2,1H3,(H,18,20). The quantitative estimate of drug-likeness (QED) is 0.808.